The van der Waals surface area contributed by atoms with Crippen molar-refractivity contribution >= 4 is 32.9 Å². The molecule has 4 aromatic rings. The zero-order chi connectivity index (χ0) is 21.8. The number of nitrogens with zero attached hydrogens (tertiary/aromatic N) is 2. The number of imidazole rings is 1. The van der Waals surface area contributed by atoms with Gasteiger partial charge in [0.1, 0.15) is 11.3 Å². The molecule has 0 aliphatic carbocycles. The van der Waals surface area contributed by atoms with Gasteiger partial charge in [0.2, 0.25) is 5.62 Å². The predicted octanol–water partition coefficient (Wildman–Crippen LogP) is 4.90. The van der Waals surface area contributed by atoms with Crippen LogP contribution in [0.3, 0.4) is 0 Å². The van der Waals surface area contributed by atoms with Crippen LogP contribution >= 0.6 is 15.9 Å². The second-order valence-electron chi connectivity index (χ2n) is 7.18. The maximum absolute atomic E-state index is 11.3. The molecule has 0 saturated heterocycles. The lowest BCUT2D eigenvalue weighted by Crippen LogP contribution is -2.25. The van der Waals surface area contributed by atoms with Gasteiger partial charge in [0.25, 0.3) is 0 Å². The van der Waals surface area contributed by atoms with Crippen LogP contribution in [0.1, 0.15) is 22.3 Å². The SMILES string of the molecule is N=c1n(CCCOc2ccccc2C(=O)O)c2ccccc2n1Cc1cccc(Br)c1. The number of carboxylic acids is 1. The van der Waals surface area contributed by atoms with Crippen molar-refractivity contribution in [2.45, 2.75) is 19.5 Å². The third-order valence-electron chi connectivity index (χ3n) is 5.11. The van der Waals surface area contributed by atoms with Gasteiger partial charge >= 0.3 is 5.97 Å². The number of carboxylic acid groups (broad SMARTS) is 1. The zero-order valence-corrected chi connectivity index (χ0v) is 18.4. The third kappa shape index (κ3) is 4.56. The number of benzene rings is 3. The molecule has 0 radical (unpaired) electrons. The topological polar surface area (TPSA) is 80.2 Å². The third-order valence-corrected chi connectivity index (χ3v) is 5.60. The van der Waals surface area contributed by atoms with Gasteiger partial charge in [0.15, 0.2) is 0 Å². The average Bonchev–Trinajstić information content (AvgIpc) is 3.03. The second kappa shape index (κ2) is 9.22. The minimum absolute atomic E-state index is 0.155. The lowest BCUT2D eigenvalue weighted by molar-refractivity contribution is 0.0692. The molecule has 0 unspecified atom stereocenters. The number of nitrogens with one attached hydrogen (secondary N) is 1. The highest BCUT2D eigenvalue weighted by atomic mass is 79.9. The Morgan fingerprint density at radius 3 is 2.42 bits per heavy atom. The summed E-state index contributed by atoms with van der Waals surface area (Å²) in [5, 5.41) is 18.0. The molecule has 7 heteroatoms. The Kier molecular flexibility index (Phi) is 6.23. The van der Waals surface area contributed by atoms with Crippen molar-refractivity contribution in [3.05, 3.63) is 94.0 Å². The van der Waals surface area contributed by atoms with Crippen LogP contribution in [0.25, 0.3) is 11.0 Å². The monoisotopic (exact) mass is 479 g/mol. The molecule has 0 atom stereocenters. The van der Waals surface area contributed by atoms with Crippen molar-refractivity contribution in [3.8, 4) is 5.75 Å². The molecular formula is C24H22BrN3O3. The summed E-state index contributed by atoms with van der Waals surface area (Å²) < 4.78 is 10.7. The van der Waals surface area contributed by atoms with E-state index in [9.17, 15) is 9.90 Å². The lowest BCUT2D eigenvalue weighted by atomic mass is 10.2. The van der Waals surface area contributed by atoms with E-state index in [4.69, 9.17) is 10.1 Å². The minimum atomic E-state index is -1.01. The molecular weight excluding hydrogens is 458 g/mol. The lowest BCUT2D eigenvalue weighted by Gasteiger charge is -2.10. The van der Waals surface area contributed by atoms with E-state index < -0.39 is 5.97 Å². The Labute approximate surface area is 188 Å². The summed E-state index contributed by atoms with van der Waals surface area (Å²) in [6.45, 7) is 1.57. The normalized spacial score (nSPS) is 11.0. The van der Waals surface area contributed by atoms with E-state index >= 15 is 0 Å². The Balaban J connectivity index is 1.53. The molecule has 3 aromatic carbocycles. The van der Waals surface area contributed by atoms with Crippen molar-refractivity contribution in [1.82, 2.24) is 9.13 Å². The molecule has 6 nitrogen and oxygen atoms in total. The highest BCUT2D eigenvalue weighted by molar-refractivity contribution is 9.10. The van der Waals surface area contributed by atoms with Crippen molar-refractivity contribution < 1.29 is 14.6 Å². The number of aryl methyl sites for hydroxylation is 1. The summed E-state index contributed by atoms with van der Waals surface area (Å²) in [6.07, 6.45) is 0.648. The first-order valence-electron chi connectivity index (χ1n) is 9.97. The quantitative estimate of drug-likeness (QED) is 0.352. The molecule has 1 aromatic heterocycles. The van der Waals surface area contributed by atoms with Crippen LogP contribution in [0.5, 0.6) is 5.75 Å². The summed E-state index contributed by atoms with van der Waals surface area (Å²) in [5.74, 6) is -0.641. The highest BCUT2D eigenvalue weighted by Gasteiger charge is 2.12. The molecule has 2 N–H and O–H groups in total. The van der Waals surface area contributed by atoms with Gasteiger partial charge in [-0.3, -0.25) is 5.41 Å². The van der Waals surface area contributed by atoms with Gasteiger partial charge in [-0.15, -0.1) is 0 Å². The molecule has 4 rings (SSSR count). The first-order chi connectivity index (χ1) is 15.0. The van der Waals surface area contributed by atoms with E-state index in [1.807, 2.05) is 45.5 Å². The molecule has 0 aliphatic rings. The number of halogens is 1. The van der Waals surface area contributed by atoms with Crippen LogP contribution in [-0.4, -0.2) is 26.8 Å². The molecule has 0 saturated carbocycles. The first-order valence-corrected chi connectivity index (χ1v) is 10.8. The van der Waals surface area contributed by atoms with Crippen LogP contribution in [-0.2, 0) is 13.1 Å². The van der Waals surface area contributed by atoms with Gasteiger partial charge in [-0.1, -0.05) is 52.3 Å². The Morgan fingerprint density at radius 1 is 0.968 bits per heavy atom. The smallest absolute Gasteiger partial charge is 0.339 e. The summed E-state index contributed by atoms with van der Waals surface area (Å²) in [7, 11) is 0. The fourth-order valence-electron chi connectivity index (χ4n) is 3.67. The first kappa shape index (κ1) is 20.9. The number of aromatic nitrogens is 2. The Bertz CT molecular complexity index is 1290. The van der Waals surface area contributed by atoms with Crippen molar-refractivity contribution in [2.75, 3.05) is 6.61 Å². The van der Waals surface area contributed by atoms with Crippen LogP contribution in [0, 0.1) is 5.41 Å². The number of ether oxygens (including phenoxy) is 1. The van der Waals surface area contributed by atoms with Gasteiger partial charge in [-0.05, 0) is 48.4 Å². The molecule has 0 spiro atoms. The maximum Gasteiger partial charge on any atom is 0.339 e. The zero-order valence-electron chi connectivity index (χ0n) is 16.8. The standard InChI is InChI=1S/C24H22BrN3O3/c25-18-8-5-7-17(15-18)16-28-21-11-3-2-10-20(21)27(24(28)26)13-6-14-31-22-12-4-1-9-19(22)23(29)30/h1-5,7-12,15,26H,6,13-14,16H2,(H,29,30). The largest absolute Gasteiger partial charge is 0.493 e. The van der Waals surface area contributed by atoms with Crippen LogP contribution in [0.15, 0.2) is 77.3 Å². The van der Waals surface area contributed by atoms with Gasteiger partial charge in [0, 0.05) is 11.0 Å². The van der Waals surface area contributed by atoms with E-state index in [-0.39, 0.29) is 5.56 Å². The molecule has 0 fully saturated rings. The highest BCUT2D eigenvalue weighted by Crippen LogP contribution is 2.19. The summed E-state index contributed by atoms with van der Waals surface area (Å²) in [5.41, 5.74) is 3.69. The van der Waals surface area contributed by atoms with Gasteiger partial charge in [-0.25, -0.2) is 4.79 Å². The fourth-order valence-corrected chi connectivity index (χ4v) is 4.12. The summed E-state index contributed by atoms with van der Waals surface area (Å²) >= 11 is 3.51. The maximum atomic E-state index is 11.3. The Morgan fingerprint density at radius 2 is 1.68 bits per heavy atom. The van der Waals surface area contributed by atoms with Crippen molar-refractivity contribution in [3.63, 3.8) is 0 Å². The number of carbonyl (C=O) groups is 1. The average molecular weight is 480 g/mol. The summed E-state index contributed by atoms with van der Waals surface area (Å²) in [6, 6.07) is 22.7. The van der Waals surface area contributed by atoms with Gasteiger partial charge < -0.3 is 19.0 Å². The number of fused-ring (bicyclic) bond motifs is 1. The number of hydrogen-bond acceptors (Lipinski definition) is 3. The van der Waals surface area contributed by atoms with E-state index in [0.29, 0.717) is 37.5 Å². The van der Waals surface area contributed by atoms with E-state index in [0.717, 1.165) is 21.1 Å². The molecule has 0 bridgehead atoms. The predicted molar refractivity (Wildman–Crippen MR) is 123 cm³/mol. The Hall–Kier alpha value is -3.32. The van der Waals surface area contributed by atoms with E-state index in [2.05, 4.69) is 28.1 Å². The van der Waals surface area contributed by atoms with E-state index in [1.54, 1.807) is 18.2 Å². The van der Waals surface area contributed by atoms with Crippen LogP contribution in [0.4, 0.5) is 0 Å². The second-order valence-corrected chi connectivity index (χ2v) is 8.10. The number of hydrogen-bond donors (Lipinski definition) is 2. The molecule has 31 heavy (non-hydrogen) atoms. The van der Waals surface area contributed by atoms with Gasteiger partial charge in [-0.2, -0.15) is 0 Å². The van der Waals surface area contributed by atoms with E-state index in [1.165, 1.54) is 6.07 Å². The van der Waals surface area contributed by atoms with Crippen molar-refractivity contribution in [1.29, 1.82) is 5.41 Å². The minimum Gasteiger partial charge on any atom is -0.493 e. The van der Waals surface area contributed by atoms with Crippen molar-refractivity contribution in [2.24, 2.45) is 0 Å². The number of aromatic carboxylic acids is 1. The molecule has 1 heterocycles. The molecule has 0 amide bonds. The summed E-state index contributed by atoms with van der Waals surface area (Å²) in [4.78, 5) is 11.3. The van der Waals surface area contributed by atoms with Crippen LogP contribution < -0.4 is 10.4 Å². The molecule has 0 aliphatic heterocycles. The van der Waals surface area contributed by atoms with Crippen LogP contribution in [0.2, 0.25) is 0 Å². The van der Waals surface area contributed by atoms with Gasteiger partial charge in [0.05, 0.1) is 24.2 Å². The fraction of sp³-hybridized carbons (Fsp3) is 0.167. The number of para-hydroxylation sites is 3. The molecule has 158 valence electrons. The number of rotatable bonds is 8.